The molecule has 5 heteroatoms. The quantitative estimate of drug-likeness (QED) is 0.795. The summed E-state index contributed by atoms with van der Waals surface area (Å²) in [5.74, 6) is -0.198. The molecule has 90 valence electrons. The molecule has 0 spiro atoms. The van der Waals surface area contributed by atoms with Crippen LogP contribution in [0, 0.1) is 0 Å². The van der Waals surface area contributed by atoms with Crippen molar-refractivity contribution in [3.63, 3.8) is 0 Å². The summed E-state index contributed by atoms with van der Waals surface area (Å²) < 4.78 is 5.67. The van der Waals surface area contributed by atoms with Crippen LogP contribution in [0.3, 0.4) is 0 Å². The Bertz CT molecular complexity index is 449. The number of aromatic nitrogens is 1. The molecule has 3 heterocycles. The molecule has 3 atom stereocenters. The first kappa shape index (κ1) is 10.5. The Balaban J connectivity index is 1.68. The summed E-state index contributed by atoms with van der Waals surface area (Å²) in [5.41, 5.74) is 0.382. The summed E-state index contributed by atoms with van der Waals surface area (Å²) in [5, 5.41) is 12.2. The van der Waals surface area contributed by atoms with Gasteiger partial charge in [-0.25, -0.2) is 0 Å². The molecular formula is C12H14N2O3. The van der Waals surface area contributed by atoms with E-state index in [-0.39, 0.29) is 23.8 Å². The number of hydrogen-bond donors (Lipinski definition) is 2. The molecule has 3 rings (SSSR count). The smallest absolute Gasteiger partial charge is 0.253 e. The van der Waals surface area contributed by atoms with Gasteiger partial charge in [0, 0.05) is 6.20 Å². The van der Waals surface area contributed by atoms with Gasteiger partial charge < -0.3 is 15.2 Å². The molecule has 2 saturated heterocycles. The van der Waals surface area contributed by atoms with E-state index in [1.165, 1.54) is 18.5 Å². The molecule has 2 fully saturated rings. The van der Waals surface area contributed by atoms with E-state index in [0.29, 0.717) is 11.7 Å². The molecule has 2 N–H and O–H groups in total. The van der Waals surface area contributed by atoms with E-state index < -0.39 is 0 Å². The van der Waals surface area contributed by atoms with Crippen LogP contribution in [0.5, 0.6) is 5.75 Å². The number of ether oxygens (including phenoxy) is 1. The number of fused-ring (bicyclic) bond motifs is 2. The summed E-state index contributed by atoms with van der Waals surface area (Å²) >= 11 is 0. The molecule has 17 heavy (non-hydrogen) atoms. The maximum Gasteiger partial charge on any atom is 0.253 e. The van der Waals surface area contributed by atoms with E-state index in [2.05, 4.69) is 10.3 Å². The second-order valence-electron chi connectivity index (χ2n) is 4.62. The lowest BCUT2D eigenvalue weighted by Crippen LogP contribution is -2.41. The van der Waals surface area contributed by atoms with Crippen molar-refractivity contribution >= 4 is 5.91 Å². The summed E-state index contributed by atoms with van der Waals surface area (Å²) in [7, 11) is 0. The number of carbonyl (C=O) groups is 1. The largest absolute Gasteiger partial charge is 0.506 e. The van der Waals surface area contributed by atoms with Crippen LogP contribution in [0.15, 0.2) is 18.5 Å². The van der Waals surface area contributed by atoms with Gasteiger partial charge >= 0.3 is 0 Å². The van der Waals surface area contributed by atoms with Gasteiger partial charge in [0.2, 0.25) is 0 Å². The first-order valence-electron chi connectivity index (χ1n) is 5.83. The van der Waals surface area contributed by atoms with Crippen LogP contribution >= 0.6 is 0 Å². The highest BCUT2D eigenvalue weighted by Crippen LogP contribution is 2.34. The summed E-state index contributed by atoms with van der Waals surface area (Å²) in [6.45, 7) is 0. The lowest BCUT2D eigenvalue weighted by atomic mass is 9.95. The number of aromatic hydroxyl groups is 1. The minimum atomic E-state index is -0.199. The van der Waals surface area contributed by atoms with Crippen LogP contribution in [0.1, 0.15) is 29.6 Å². The van der Waals surface area contributed by atoms with Crippen LogP contribution in [0.4, 0.5) is 0 Å². The molecule has 2 aliphatic heterocycles. The third-order valence-corrected chi connectivity index (χ3v) is 3.41. The molecule has 0 radical (unpaired) electrons. The molecule has 1 aromatic heterocycles. The Morgan fingerprint density at radius 1 is 1.47 bits per heavy atom. The van der Waals surface area contributed by atoms with E-state index in [4.69, 9.17) is 4.74 Å². The zero-order valence-corrected chi connectivity index (χ0v) is 9.30. The number of amides is 1. The van der Waals surface area contributed by atoms with Gasteiger partial charge in [-0.15, -0.1) is 0 Å². The predicted molar refractivity (Wildman–Crippen MR) is 59.7 cm³/mol. The number of hydrogen-bond acceptors (Lipinski definition) is 4. The molecule has 1 amide bonds. The lowest BCUT2D eigenvalue weighted by Gasteiger charge is -2.19. The monoisotopic (exact) mass is 234 g/mol. The van der Waals surface area contributed by atoms with Crippen LogP contribution in [-0.4, -0.2) is 34.2 Å². The molecule has 2 aliphatic rings. The van der Waals surface area contributed by atoms with Gasteiger partial charge in [0.25, 0.3) is 5.91 Å². The molecule has 3 unspecified atom stereocenters. The van der Waals surface area contributed by atoms with E-state index in [1.807, 2.05) is 0 Å². The van der Waals surface area contributed by atoms with E-state index in [9.17, 15) is 9.90 Å². The van der Waals surface area contributed by atoms with Gasteiger partial charge in [-0.2, -0.15) is 0 Å². The van der Waals surface area contributed by atoms with Crippen molar-refractivity contribution in [3.8, 4) is 5.75 Å². The Morgan fingerprint density at radius 2 is 2.35 bits per heavy atom. The standard InChI is InChI=1S/C12H14N2O3/c15-8-3-7(5-13-6-8)12(16)14-10-4-9-1-2-11(10)17-9/h3,5-6,9-11,15H,1-2,4H2,(H,14,16). The fourth-order valence-electron chi connectivity index (χ4n) is 2.59. The average molecular weight is 234 g/mol. The van der Waals surface area contributed by atoms with Crippen molar-refractivity contribution in [1.82, 2.24) is 10.3 Å². The molecule has 5 nitrogen and oxygen atoms in total. The third-order valence-electron chi connectivity index (χ3n) is 3.41. The fraction of sp³-hybridized carbons (Fsp3) is 0.500. The number of nitrogens with zero attached hydrogens (tertiary/aromatic N) is 1. The summed E-state index contributed by atoms with van der Waals surface area (Å²) in [6, 6.07) is 1.51. The topological polar surface area (TPSA) is 71.5 Å². The van der Waals surface area contributed by atoms with E-state index >= 15 is 0 Å². The predicted octanol–water partition coefficient (Wildman–Crippen LogP) is 0.837. The van der Waals surface area contributed by atoms with Crippen molar-refractivity contribution < 1.29 is 14.6 Å². The van der Waals surface area contributed by atoms with Crippen molar-refractivity contribution in [2.24, 2.45) is 0 Å². The molecule has 0 saturated carbocycles. The first-order chi connectivity index (χ1) is 8.22. The van der Waals surface area contributed by atoms with E-state index in [1.54, 1.807) is 0 Å². The van der Waals surface area contributed by atoms with Gasteiger partial charge in [0.15, 0.2) is 0 Å². The highest BCUT2D eigenvalue weighted by molar-refractivity contribution is 5.94. The SMILES string of the molecule is O=C(NC1CC2CCC1O2)c1cncc(O)c1. The van der Waals surface area contributed by atoms with Crippen LogP contribution in [0.2, 0.25) is 0 Å². The number of nitrogens with one attached hydrogen (secondary N) is 1. The second-order valence-corrected chi connectivity index (χ2v) is 4.62. The maximum atomic E-state index is 11.9. The van der Waals surface area contributed by atoms with Crippen LogP contribution in [-0.2, 0) is 4.74 Å². The third kappa shape index (κ3) is 1.98. The Hall–Kier alpha value is -1.62. The van der Waals surface area contributed by atoms with Crippen LogP contribution < -0.4 is 5.32 Å². The zero-order chi connectivity index (χ0) is 11.8. The highest BCUT2D eigenvalue weighted by atomic mass is 16.5. The van der Waals surface area contributed by atoms with E-state index in [0.717, 1.165) is 19.3 Å². The van der Waals surface area contributed by atoms with Gasteiger partial charge in [-0.1, -0.05) is 0 Å². The Labute approximate surface area is 98.8 Å². The summed E-state index contributed by atoms with van der Waals surface area (Å²) in [4.78, 5) is 15.7. The van der Waals surface area contributed by atoms with Crippen molar-refractivity contribution in [1.29, 1.82) is 0 Å². The van der Waals surface area contributed by atoms with Gasteiger partial charge in [-0.05, 0) is 25.3 Å². The molecule has 0 aliphatic carbocycles. The zero-order valence-electron chi connectivity index (χ0n) is 9.30. The van der Waals surface area contributed by atoms with Crippen molar-refractivity contribution in [3.05, 3.63) is 24.0 Å². The van der Waals surface area contributed by atoms with Gasteiger partial charge in [0.05, 0.1) is 30.0 Å². The van der Waals surface area contributed by atoms with Crippen LogP contribution in [0.25, 0.3) is 0 Å². The number of carbonyl (C=O) groups excluding carboxylic acids is 1. The first-order valence-corrected chi connectivity index (χ1v) is 5.83. The minimum absolute atomic E-state index is 0.00171. The summed E-state index contributed by atoms with van der Waals surface area (Å²) in [6.07, 6.45) is 6.24. The Morgan fingerprint density at radius 3 is 3.00 bits per heavy atom. The molecule has 0 aromatic carbocycles. The normalized spacial score (nSPS) is 30.5. The molecule has 2 bridgehead atoms. The highest BCUT2D eigenvalue weighted by Gasteiger charge is 2.41. The Kier molecular flexibility index (Phi) is 2.48. The fourth-order valence-corrected chi connectivity index (χ4v) is 2.59. The van der Waals surface area contributed by atoms with Gasteiger partial charge in [0.1, 0.15) is 5.75 Å². The number of pyridine rings is 1. The average Bonchev–Trinajstić information content (AvgIpc) is 2.91. The lowest BCUT2D eigenvalue weighted by molar-refractivity contribution is 0.0840. The van der Waals surface area contributed by atoms with Crippen molar-refractivity contribution in [2.75, 3.05) is 0 Å². The molecular weight excluding hydrogens is 220 g/mol. The van der Waals surface area contributed by atoms with Gasteiger partial charge in [-0.3, -0.25) is 9.78 Å². The number of rotatable bonds is 2. The maximum absolute atomic E-state index is 11.9. The molecule has 1 aromatic rings. The second kappa shape index (κ2) is 4.00. The van der Waals surface area contributed by atoms with Crippen molar-refractivity contribution in [2.45, 2.75) is 37.5 Å². The minimum Gasteiger partial charge on any atom is -0.506 e.